The highest BCUT2D eigenvalue weighted by molar-refractivity contribution is 5.92. The maximum atomic E-state index is 11.9. The van der Waals surface area contributed by atoms with Gasteiger partial charge in [0.2, 0.25) is 0 Å². The van der Waals surface area contributed by atoms with Gasteiger partial charge in [-0.1, -0.05) is 12.1 Å². The van der Waals surface area contributed by atoms with Gasteiger partial charge in [-0.15, -0.1) is 0 Å². The van der Waals surface area contributed by atoms with Crippen molar-refractivity contribution < 1.29 is 9.53 Å². The van der Waals surface area contributed by atoms with Crippen molar-refractivity contribution in [3.63, 3.8) is 0 Å². The molecule has 0 unspecified atom stereocenters. The molecule has 0 radical (unpaired) electrons. The highest BCUT2D eigenvalue weighted by atomic mass is 16.5. The molecule has 0 spiro atoms. The molecule has 2 aromatic carbocycles. The lowest BCUT2D eigenvalue weighted by atomic mass is 10.2. The van der Waals surface area contributed by atoms with Crippen LogP contribution in [0.3, 0.4) is 0 Å². The van der Waals surface area contributed by atoms with Crippen LogP contribution in [0.25, 0.3) is 0 Å². The number of amides is 1. The molecule has 3 N–H and O–H groups in total. The molecule has 2 rings (SSSR count). The van der Waals surface area contributed by atoms with E-state index in [1.165, 1.54) is 0 Å². The fraction of sp³-hybridized carbons (Fsp3) is 0.188. The first-order valence-corrected chi connectivity index (χ1v) is 6.60. The van der Waals surface area contributed by atoms with Crippen LogP contribution in [-0.4, -0.2) is 26.6 Å². The summed E-state index contributed by atoms with van der Waals surface area (Å²) in [7, 11) is 3.90. The molecule has 21 heavy (non-hydrogen) atoms. The van der Waals surface area contributed by atoms with Crippen molar-refractivity contribution in [2.24, 2.45) is 0 Å². The highest BCUT2D eigenvalue weighted by Gasteiger charge is 2.05. The summed E-state index contributed by atoms with van der Waals surface area (Å²) in [6.07, 6.45) is 0. The van der Waals surface area contributed by atoms with Gasteiger partial charge in [0, 0.05) is 37.2 Å². The number of hydrogen-bond donors (Lipinski definition) is 2. The third-order valence-electron chi connectivity index (χ3n) is 2.87. The van der Waals surface area contributed by atoms with E-state index in [-0.39, 0.29) is 12.5 Å². The van der Waals surface area contributed by atoms with Gasteiger partial charge in [0.25, 0.3) is 5.91 Å². The maximum absolute atomic E-state index is 11.9. The first-order chi connectivity index (χ1) is 10.0. The molecule has 0 atom stereocenters. The Kier molecular flexibility index (Phi) is 4.66. The zero-order valence-corrected chi connectivity index (χ0v) is 12.2. The quantitative estimate of drug-likeness (QED) is 0.828. The largest absolute Gasteiger partial charge is 0.484 e. The zero-order chi connectivity index (χ0) is 15.2. The lowest BCUT2D eigenvalue weighted by molar-refractivity contribution is -0.118. The summed E-state index contributed by atoms with van der Waals surface area (Å²) in [4.78, 5) is 13.8. The smallest absolute Gasteiger partial charge is 0.262 e. The average Bonchev–Trinajstić information content (AvgIpc) is 2.45. The van der Waals surface area contributed by atoms with E-state index in [4.69, 9.17) is 10.5 Å². The van der Waals surface area contributed by atoms with Crippen molar-refractivity contribution in [3.8, 4) is 5.75 Å². The number of benzene rings is 2. The van der Waals surface area contributed by atoms with Crippen molar-refractivity contribution in [2.45, 2.75) is 0 Å². The third-order valence-corrected chi connectivity index (χ3v) is 2.87. The monoisotopic (exact) mass is 285 g/mol. The van der Waals surface area contributed by atoms with Gasteiger partial charge in [0.05, 0.1) is 0 Å². The van der Waals surface area contributed by atoms with Crippen LogP contribution in [-0.2, 0) is 4.79 Å². The lowest BCUT2D eigenvalue weighted by Crippen LogP contribution is -2.20. The fourth-order valence-electron chi connectivity index (χ4n) is 1.81. The molecule has 0 heterocycles. The molecule has 0 aliphatic heterocycles. The Morgan fingerprint density at radius 2 is 1.95 bits per heavy atom. The molecule has 2 aromatic rings. The van der Waals surface area contributed by atoms with Crippen LogP contribution in [0.4, 0.5) is 17.1 Å². The predicted molar refractivity (Wildman–Crippen MR) is 85.7 cm³/mol. The Bertz CT molecular complexity index is 626. The van der Waals surface area contributed by atoms with Crippen LogP contribution < -0.4 is 20.7 Å². The van der Waals surface area contributed by atoms with E-state index in [1.807, 2.05) is 43.3 Å². The number of nitrogen functional groups attached to an aromatic ring is 1. The van der Waals surface area contributed by atoms with Crippen LogP contribution in [0.15, 0.2) is 48.5 Å². The second-order valence-corrected chi connectivity index (χ2v) is 4.85. The van der Waals surface area contributed by atoms with Gasteiger partial charge >= 0.3 is 0 Å². The number of ether oxygens (including phenoxy) is 1. The Labute approximate surface area is 124 Å². The second-order valence-electron chi connectivity index (χ2n) is 4.85. The van der Waals surface area contributed by atoms with Gasteiger partial charge in [-0.3, -0.25) is 4.79 Å². The first kappa shape index (κ1) is 14.7. The Morgan fingerprint density at radius 1 is 1.19 bits per heavy atom. The molecular weight excluding hydrogens is 266 g/mol. The van der Waals surface area contributed by atoms with E-state index >= 15 is 0 Å². The second kappa shape index (κ2) is 6.65. The number of anilines is 3. The summed E-state index contributed by atoms with van der Waals surface area (Å²) < 4.78 is 5.40. The first-order valence-electron chi connectivity index (χ1n) is 6.60. The molecule has 110 valence electrons. The number of rotatable bonds is 5. The summed E-state index contributed by atoms with van der Waals surface area (Å²) in [5.41, 5.74) is 8.01. The van der Waals surface area contributed by atoms with Crippen LogP contribution >= 0.6 is 0 Å². The van der Waals surface area contributed by atoms with Gasteiger partial charge < -0.3 is 20.7 Å². The predicted octanol–water partition coefficient (Wildman–Crippen LogP) is 2.35. The van der Waals surface area contributed by atoms with Crippen molar-refractivity contribution >= 4 is 23.0 Å². The number of carbonyl (C=O) groups excluding carboxylic acids is 1. The van der Waals surface area contributed by atoms with E-state index in [0.717, 1.165) is 11.4 Å². The van der Waals surface area contributed by atoms with Gasteiger partial charge in [-0.05, 0) is 30.3 Å². The number of carbonyl (C=O) groups is 1. The van der Waals surface area contributed by atoms with Crippen LogP contribution in [0.5, 0.6) is 5.75 Å². The van der Waals surface area contributed by atoms with E-state index in [1.54, 1.807) is 24.3 Å². The molecule has 0 fully saturated rings. The molecule has 0 saturated heterocycles. The fourth-order valence-corrected chi connectivity index (χ4v) is 1.81. The summed E-state index contributed by atoms with van der Waals surface area (Å²) in [6.45, 7) is -0.0599. The van der Waals surface area contributed by atoms with E-state index in [9.17, 15) is 4.79 Å². The molecule has 0 bridgehead atoms. The van der Waals surface area contributed by atoms with E-state index in [0.29, 0.717) is 11.4 Å². The maximum Gasteiger partial charge on any atom is 0.262 e. The van der Waals surface area contributed by atoms with Crippen LogP contribution in [0.1, 0.15) is 0 Å². The molecular formula is C16H19N3O2. The van der Waals surface area contributed by atoms with Gasteiger partial charge in [-0.25, -0.2) is 0 Å². The molecule has 0 aliphatic rings. The molecule has 1 amide bonds. The van der Waals surface area contributed by atoms with Crippen molar-refractivity contribution in [2.75, 3.05) is 36.7 Å². The minimum atomic E-state index is -0.215. The summed E-state index contributed by atoms with van der Waals surface area (Å²) in [5, 5.41) is 2.80. The lowest BCUT2D eigenvalue weighted by Gasteiger charge is -2.14. The summed E-state index contributed by atoms with van der Waals surface area (Å²) in [5.74, 6) is 0.362. The van der Waals surface area contributed by atoms with Gasteiger partial charge in [0.15, 0.2) is 6.61 Å². The highest BCUT2D eigenvalue weighted by Crippen LogP contribution is 2.17. The van der Waals surface area contributed by atoms with Crippen molar-refractivity contribution in [3.05, 3.63) is 48.5 Å². The third kappa shape index (κ3) is 4.42. The number of nitrogens with zero attached hydrogens (tertiary/aromatic N) is 1. The van der Waals surface area contributed by atoms with E-state index in [2.05, 4.69) is 5.32 Å². The Balaban J connectivity index is 1.91. The number of hydrogen-bond acceptors (Lipinski definition) is 4. The Morgan fingerprint density at radius 3 is 2.67 bits per heavy atom. The Hall–Kier alpha value is -2.69. The zero-order valence-electron chi connectivity index (χ0n) is 12.2. The minimum absolute atomic E-state index is 0.0599. The molecule has 5 nitrogen and oxygen atoms in total. The normalized spacial score (nSPS) is 10.0. The van der Waals surface area contributed by atoms with Gasteiger partial charge in [-0.2, -0.15) is 0 Å². The molecule has 0 saturated carbocycles. The summed E-state index contributed by atoms with van der Waals surface area (Å²) in [6, 6.07) is 14.6. The van der Waals surface area contributed by atoms with E-state index < -0.39 is 0 Å². The van der Waals surface area contributed by atoms with Crippen molar-refractivity contribution in [1.82, 2.24) is 0 Å². The van der Waals surface area contributed by atoms with Crippen LogP contribution in [0.2, 0.25) is 0 Å². The SMILES string of the molecule is CN(C)c1cccc(NC(=O)COc2cccc(N)c2)c1. The van der Waals surface area contributed by atoms with Gasteiger partial charge in [0.1, 0.15) is 5.75 Å². The summed E-state index contributed by atoms with van der Waals surface area (Å²) >= 11 is 0. The number of nitrogens with one attached hydrogen (secondary N) is 1. The molecule has 5 heteroatoms. The number of nitrogens with two attached hydrogens (primary N) is 1. The van der Waals surface area contributed by atoms with Crippen LogP contribution in [0, 0.1) is 0 Å². The van der Waals surface area contributed by atoms with Crippen molar-refractivity contribution in [1.29, 1.82) is 0 Å². The standard InChI is InChI=1S/C16H19N3O2/c1-19(2)14-7-4-6-13(10-14)18-16(20)11-21-15-8-3-5-12(17)9-15/h3-10H,11,17H2,1-2H3,(H,18,20). The topological polar surface area (TPSA) is 67.6 Å². The minimum Gasteiger partial charge on any atom is -0.484 e. The molecule has 0 aromatic heterocycles. The molecule has 0 aliphatic carbocycles. The average molecular weight is 285 g/mol.